The predicted octanol–water partition coefficient (Wildman–Crippen LogP) is 4.36. The number of nitrogens with one attached hydrogen (secondary N) is 1. The molecule has 1 amide bonds. The Morgan fingerprint density at radius 3 is 2.70 bits per heavy atom. The number of hydrogen-bond acceptors (Lipinski definition) is 3. The van der Waals surface area contributed by atoms with E-state index in [2.05, 4.69) is 21.2 Å². The van der Waals surface area contributed by atoms with Crippen molar-refractivity contribution < 1.29 is 14.3 Å². The Morgan fingerprint density at radius 1 is 1.17 bits per heavy atom. The molecule has 2 aromatic carbocycles. The summed E-state index contributed by atoms with van der Waals surface area (Å²) in [5.41, 5.74) is 1.37. The van der Waals surface area contributed by atoms with Crippen molar-refractivity contribution in [1.29, 1.82) is 0 Å². The van der Waals surface area contributed by atoms with Gasteiger partial charge >= 0.3 is 0 Å². The topological polar surface area (TPSA) is 47.6 Å². The molecule has 120 valence electrons. The van der Waals surface area contributed by atoms with E-state index >= 15 is 0 Å². The minimum Gasteiger partial charge on any atom is -0.486 e. The fourth-order valence-corrected chi connectivity index (χ4v) is 2.92. The van der Waals surface area contributed by atoms with Crippen molar-refractivity contribution in [2.24, 2.45) is 0 Å². The van der Waals surface area contributed by atoms with Gasteiger partial charge in [-0.05, 0) is 42.8 Å². The van der Waals surface area contributed by atoms with Gasteiger partial charge in [-0.1, -0.05) is 33.6 Å². The van der Waals surface area contributed by atoms with Crippen LogP contribution in [0.4, 0.5) is 0 Å². The minimum absolute atomic E-state index is 0.187. The molecule has 0 spiro atoms. The number of rotatable bonds is 3. The quantitative estimate of drug-likeness (QED) is 0.838. The number of carbonyl (C=O) groups is 1. The number of fused-ring (bicyclic) bond motifs is 1. The molecule has 4 nitrogen and oxygen atoms in total. The molecule has 1 heterocycles. The first-order chi connectivity index (χ1) is 11.0. The van der Waals surface area contributed by atoms with Crippen LogP contribution in [0.3, 0.4) is 0 Å². The van der Waals surface area contributed by atoms with Gasteiger partial charge in [-0.25, -0.2) is 0 Å². The second-order valence-corrected chi connectivity index (χ2v) is 6.55. The monoisotopic (exact) mass is 395 g/mol. The maximum atomic E-state index is 12.4. The van der Waals surface area contributed by atoms with Gasteiger partial charge in [-0.15, -0.1) is 0 Å². The van der Waals surface area contributed by atoms with E-state index in [-0.39, 0.29) is 11.9 Å². The molecule has 1 aliphatic heterocycles. The third kappa shape index (κ3) is 3.62. The Labute approximate surface area is 147 Å². The third-order valence-corrected chi connectivity index (χ3v) is 4.41. The zero-order valence-electron chi connectivity index (χ0n) is 12.4. The molecule has 0 fully saturated rings. The maximum Gasteiger partial charge on any atom is 0.253 e. The van der Waals surface area contributed by atoms with Gasteiger partial charge in [0.05, 0.1) is 16.6 Å². The Morgan fingerprint density at radius 2 is 1.91 bits per heavy atom. The van der Waals surface area contributed by atoms with Gasteiger partial charge in [-0.3, -0.25) is 4.79 Å². The molecule has 0 radical (unpaired) electrons. The Kier molecular flexibility index (Phi) is 4.78. The van der Waals surface area contributed by atoms with Crippen LogP contribution in [0.25, 0.3) is 0 Å². The van der Waals surface area contributed by atoms with Crippen molar-refractivity contribution in [3.63, 3.8) is 0 Å². The van der Waals surface area contributed by atoms with Gasteiger partial charge in [0.25, 0.3) is 5.91 Å². The van der Waals surface area contributed by atoms with Crippen LogP contribution in [-0.4, -0.2) is 19.1 Å². The average molecular weight is 397 g/mol. The Balaban J connectivity index is 1.77. The SMILES string of the molecule is CC(NC(=O)c1cc(Br)ccc1Cl)c1ccc2c(c1)OCCO2. The summed E-state index contributed by atoms with van der Waals surface area (Å²) in [5.74, 6) is 1.21. The summed E-state index contributed by atoms with van der Waals surface area (Å²) in [6, 6.07) is 10.7. The van der Waals surface area contributed by atoms with Gasteiger partial charge < -0.3 is 14.8 Å². The molecule has 0 aliphatic carbocycles. The van der Waals surface area contributed by atoms with E-state index in [1.807, 2.05) is 25.1 Å². The van der Waals surface area contributed by atoms with E-state index in [1.165, 1.54) is 0 Å². The molecule has 1 N–H and O–H groups in total. The summed E-state index contributed by atoms with van der Waals surface area (Å²) in [6.45, 7) is 3.00. The van der Waals surface area contributed by atoms with Crippen LogP contribution in [0.2, 0.25) is 5.02 Å². The first-order valence-corrected chi connectivity index (χ1v) is 8.37. The summed E-state index contributed by atoms with van der Waals surface area (Å²) < 4.78 is 11.9. The summed E-state index contributed by atoms with van der Waals surface area (Å²) in [6.07, 6.45) is 0. The highest BCUT2D eigenvalue weighted by Gasteiger charge is 2.17. The lowest BCUT2D eigenvalue weighted by molar-refractivity contribution is 0.0940. The van der Waals surface area contributed by atoms with Crippen LogP contribution in [-0.2, 0) is 0 Å². The highest BCUT2D eigenvalue weighted by atomic mass is 79.9. The average Bonchev–Trinajstić information content (AvgIpc) is 2.56. The number of amides is 1. The van der Waals surface area contributed by atoms with E-state index in [9.17, 15) is 4.79 Å². The zero-order valence-corrected chi connectivity index (χ0v) is 14.8. The van der Waals surface area contributed by atoms with Crippen LogP contribution < -0.4 is 14.8 Å². The largest absolute Gasteiger partial charge is 0.486 e. The molecule has 0 bridgehead atoms. The van der Waals surface area contributed by atoms with E-state index in [0.29, 0.717) is 29.5 Å². The molecular formula is C17H15BrClNO3. The zero-order chi connectivity index (χ0) is 16.4. The van der Waals surface area contributed by atoms with Crippen molar-refractivity contribution in [1.82, 2.24) is 5.32 Å². The fourth-order valence-electron chi connectivity index (χ4n) is 2.36. The van der Waals surface area contributed by atoms with E-state index in [0.717, 1.165) is 15.8 Å². The number of ether oxygens (including phenoxy) is 2. The number of hydrogen-bond donors (Lipinski definition) is 1. The van der Waals surface area contributed by atoms with E-state index in [4.69, 9.17) is 21.1 Å². The van der Waals surface area contributed by atoms with E-state index < -0.39 is 0 Å². The summed E-state index contributed by atoms with van der Waals surface area (Å²) >= 11 is 9.45. The maximum absolute atomic E-state index is 12.4. The number of halogens is 2. The third-order valence-electron chi connectivity index (χ3n) is 3.59. The molecule has 0 saturated heterocycles. The van der Waals surface area contributed by atoms with Gasteiger partial charge in [-0.2, -0.15) is 0 Å². The summed E-state index contributed by atoms with van der Waals surface area (Å²) in [5, 5.41) is 3.36. The molecule has 3 rings (SSSR count). The lowest BCUT2D eigenvalue weighted by atomic mass is 10.1. The Bertz CT molecular complexity index is 751. The standard InChI is InChI=1S/C17H15BrClNO3/c1-10(11-2-5-15-16(8-11)23-7-6-22-15)20-17(21)13-9-12(18)3-4-14(13)19/h2-5,8-10H,6-7H2,1H3,(H,20,21). The second-order valence-electron chi connectivity index (χ2n) is 5.22. The van der Waals surface area contributed by atoms with Gasteiger partial charge in [0.2, 0.25) is 0 Å². The summed E-state index contributed by atoms with van der Waals surface area (Å²) in [7, 11) is 0. The number of benzene rings is 2. The first-order valence-electron chi connectivity index (χ1n) is 7.20. The summed E-state index contributed by atoms with van der Waals surface area (Å²) in [4.78, 5) is 12.4. The highest BCUT2D eigenvalue weighted by molar-refractivity contribution is 9.10. The van der Waals surface area contributed by atoms with Crippen LogP contribution >= 0.6 is 27.5 Å². The molecule has 6 heteroatoms. The van der Waals surface area contributed by atoms with Gasteiger partial charge in [0.15, 0.2) is 11.5 Å². The van der Waals surface area contributed by atoms with E-state index in [1.54, 1.807) is 18.2 Å². The van der Waals surface area contributed by atoms with Crippen molar-refractivity contribution >= 4 is 33.4 Å². The van der Waals surface area contributed by atoms with Crippen molar-refractivity contribution in [3.05, 3.63) is 57.0 Å². The molecule has 1 unspecified atom stereocenters. The smallest absolute Gasteiger partial charge is 0.253 e. The Hall–Kier alpha value is -1.72. The molecular weight excluding hydrogens is 382 g/mol. The molecule has 1 atom stereocenters. The normalized spacial score (nSPS) is 14.2. The van der Waals surface area contributed by atoms with Crippen LogP contribution in [0.15, 0.2) is 40.9 Å². The lowest BCUT2D eigenvalue weighted by Gasteiger charge is -2.21. The highest BCUT2D eigenvalue weighted by Crippen LogP contribution is 2.32. The van der Waals surface area contributed by atoms with Gasteiger partial charge in [0.1, 0.15) is 13.2 Å². The molecule has 0 saturated carbocycles. The van der Waals surface area contributed by atoms with Crippen molar-refractivity contribution in [2.75, 3.05) is 13.2 Å². The number of carbonyl (C=O) groups excluding carboxylic acids is 1. The van der Waals surface area contributed by atoms with Crippen LogP contribution in [0.5, 0.6) is 11.5 Å². The molecule has 1 aliphatic rings. The fraction of sp³-hybridized carbons (Fsp3) is 0.235. The molecule has 0 aromatic heterocycles. The van der Waals surface area contributed by atoms with Gasteiger partial charge in [0, 0.05) is 4.47 Å². The molecule has 2 aromatic rings. The minimum atomic E-state index is -0.223. The molecule has 23 heavy (non-hydrogen) atoms. The first kappa shape index (κ1) is 16.1. The van der Waals surface area contributed by atoms with Crippen LogP contribution in [0.1, 0.15) is 28.9 Å². The predicted molar refractivity (Wildman–Crippen MR) is 92.5 cm³/mol. The van der Waals surface area contributed by atoms with Crippen molar-refractivity contribution in [2.45, 2.75) is 13.0 Å². The lowest BCUT2D eigenvalue weighted by Crippen LogP contribution is -2.27. The van der Waals surface area contributed by atoms with Crippen molar-refractivity contribution in [3.8, 4) is 11.5 Å². The second kappa shape index (κ2) is 6.81. The van der Waals surface area contributed by atoms with Crippen LogP contribution in [0, 0.1) is 0 Å².